The Morgan fingerprint density at radius 3 is 2.31 bits per heavy atom. The summed E-state index contributed by atoms with van der Waals surface area (Å²) in [4.78, 5) is 51.8. The first-order valence-corrected chi connectivity index (χ1v) is 30.8. The zero-order valence-corrected chi connectivity index (χ0v) is 49.8. The highest BCUT2D eigenvalue weighted by Crippen LogP contribution is 2.42. The molecule has 9 rings (SSSR count). The normalized spacial score (nSPS) is 16.6. The lowest BCUT2D eigenvalue weighted by atomic mass is 9.85. The predicted molar refractivity (Wildman–Crippen MR) is 316 cm³/mol. The third-order valence-corrected chi connectivity index (χ3v) is 17.3. The number of sulfonamides is 1. The lowest BCUT2D eigenvalue weighted by Crippen LogP contribution is -2.59. The number of aromatic nitrogens is 6. The van der Waals surface area contributed by atoms with Crippen LogP contribution in [-0.4, -0.2) is 108 Å². The molecule has 1 saturated heterocycles. The van der Waals surface area contributed by atoms with Crippen LogP contribution < -0.4 is 30.6 Å². The predicted octanol–water partition coefficient (Wildman–Crippen LogP) is 10.2. The van der Waals surface area contributed by atoms with E-state index in [0.717, 1.165) is 72.2 Å². The van der Waals surface area contributed by atoms with E-state index in [2.05, 4.69) is 25.7 Å². The second kappa shape index (κ2) is 25.9. The van der Waals surface area contributed by atoms with E-state index in [-0.39, 0.29) is 49.6 Å². The van der Waals surface area contributed by atoms with Gasteiger partial charge in [0.15, 0.2) is 5.67 Å². The van der Waals surface area contributed by atoms with Gasteiger partial charge in [0.25, 0.3) is 15.9 Å². The van der Waals surface area contributed by atoms with Crippen LogP contribution in [0.1, 0.15) is 115 Å². The number of aryl methyl sites for hydroxylation is 3. The van der Waals surface area contributed by atoms with Crippen molar-refractivity contribution in [2.45, 2.75) is 148 Å². The minimum atomic E-state index is -5.08. The first kappa shape index (κ1) is 61.9. The van der Waals surface area contributed by atoms with Crippen LogP contribution >= 0.6 is 11.3 Å². The number of likely N-dealkylation sites (tertiary alicyclic amines) is 1. The summed E-state index contributed by atoms with van der Waals surface area (Å²) in [6, 6.07) is 13.5. The molecule has 5 heterocycles. The van der Waals surface area contributed by atoms with Crippen molar-refractivity contribution in [2.24, 2.45) is 12.5 Å². The first-order chi connectivity index (χ1) is 40.4. The molecule has 4 atom stereocenters. The highest BCUT2D eigenvalue weighted by atomic mass is 32.2. The number of rotatable bonds is 26. The smallest absolute Gasteiger partial charge is 0.355 e. The average molecular weight is 1210 g/mol. The Bertz CT molecular complexity index is 3660. The fraction of sp³-hybridized carbons (Fsp3) is 0.450. The van der Waals surface area contributed by atoms with Crippen LogP contribution in [-0.2, 0) is 44.5 Å². The standard InChI is InChI=1S/C60H71F4N11O8S2/c1-35-52(84-34-68-35)39-14-15-40(29-67-55(77)46-28-43(76)33-75(46)56(78)53(59(3,4)5)70-57(79)60(64)22-23-60)47(27-39)82-25-13-11-9-7-8-10-12-24-74-32-41(30-69-74)44-31-66-54(65)49-50(71-73(6)51(44)49)38-18-21-45(72-85(80,81)58(62)63)48(26-38)83-36(2)37-16-19-42(61)20-17-37/h14-21,26-27,30-32,34,36,43,46,53,58,72,76H,7-13,22-25,28-29,33H2,1-6H3,(H2,65,66)(H,67,77)(H,70,79)/t36?,43-,46+,53?/m1/s1. The van der Waals surface area contributed by atoms with Gasteiger partial charge in [-0.15, -0.1) is 11.3 Å². The number of nitrogens with zero attached hydrogens (tertiary/aromatic N) is 7. The maximum atomic E-state index is 14.7. The molecule has 4 aromatic heterocycles. The molecule has 0 spiro atoms. The van der Waals surface area contributed by atoms with Crippen molar-refractivity contribution in [3.05, 3.63) is 107 Å². The third kappa shape index (κ3) is 14.5. The highest BCUT2D eigenvalue weighted by molar-refractivity contribution is 7.93. The number of carbonyl (C=O) groups excluding carboxylic acids is 3. The third-order valence-electron chi connectivity index (χ3n) is 15.4. The van der Waals surface area contributed by atoms with Gasteiger partial charge < -0.3 is 35.8 Å². The Kier molecular flexibility index (Phi) is 18.9. The number of hydrogen-bond donors (Lipinski definition) is 5. The molecular formula is C60H71F4N11O8S2. The van der Waals surface area contributed by atoms with E-state index < -0.39 is 74.7 Å². The van der Waals surface area contributed by atoms with E-state index in [1.807, 2.05) is 40.7 Å². The summed E-state index contributed by atoms with van der Waals surface area (Å²) < 4.78 is 98.0. The summed E-state index contributed by atoms with van der Waals surface area (Å²) >= 11 is 1.52. The van der Waals surface area contributed by atoms with Crippen molar-refractivity contribution in [2.75, 3.05) is 23.6 Å². The second-order valence-corrected chi connectivity index (χ2v) is 25.4. The van der Waals surface area contributed by atoms with Gasteiger partial charge in [0.05, 0.1) is 51.6 Å². The molecule has 2 unspecified atom stereocenters. The van der Waals surface area contributed by atoms with E-state index >= 15 is 0 Å². The van der Waals surface area contributed by atoms with Crippen LogP contribution in [0.25, 0.3) is 43.7 Å². The summed E-state index contributed by atoms with van der Waals surface area (Å²) in [5.41, 5.74) is 11.3. The number of β-amino-alcohol motifs (C(OH)–C–C–N with tert-alkyl or cyclic N) is 1. The van der Waals surface area contributed by atoms with Gasteiger partial charge in [-0.3, -0.25) is 28.5 Å². The summed E-state index contributed by atoms with van der Waals surface area (Å²) in [6.45, 7) is 9.97. The SMILES string of the molecule is Cc1ncsc1-c1ccc(CNC(=O)[C@@H]2C[C@@H](O)CN2C(=O)C(NC(=O)C2(F)CC2)C(C)(C)C)c(OCCCCCCCCCn2cc(-c3cnc(N)c4c(-c5ccc(NS(=O)(=O)C(F)F)c(OC(C)c6ccc(F)cc6)c5)nn(C)c34)cn2)c1. The number of pyridine rings is 1. The van der Waals surface area contributed by atoms with Crippen LogP contribution in [0.15, 0.2) is 84.8 Å². The number of nitrogen functional groups attached to an aromatic ring is 1. The van der Waals surface area contributed by atoms with E-state index in [4.69, 9.17) is 20.3 Å². The molecule has 0 radical (unpaired) electrons. The molecule has 3 amide bonds. The molecule has 2 aliphatic rings. The number of halogens is 4. The number of unbranched alkanes of at least 4 members (excludes halogenated alkanes) is 6. The van der Waals surface area contributed by atoms with Crippen molar-refractivity contribution in [1.82, 2.24) is 45.1 Å². The molecular weight excluding hydrogens is 1140 g/mol. The number of benzene rings is 3. The summed E-state index contributed by atoms with van der Waals surface area (Å²) in [5, 5.41) is 26.2. The zero-order chi connectivity index (χ0) is 61.0. The van der Waals surface area contributed by atoms with Crippen LogP contribution in [0.3, 0.4) is 0 Å². The molecule has 6 N–H and O–H groups in total. The molecule has 1 aliphatic carbocycles. The topological polar surface area (TPSA) is 251 Å². The van der Waals surface area contributed by atoms with Crippen LogP contribution in [0.2, 0.25) is 0 Å². The number of hydrogen-bond acceptors (Lipinski definition) is 14. The van der Waals surface area contributed by atoms with Crippen molar-refractivity contribution >= 4 is 61.5 Å². The number of fused-ring (bicyclic) bond motifs is 1. The van der Waals surface area contributed by atoms with Gasteiger partial charge in [-0.05, 0) is 86.4 Å². The van der Waals surface area contributed by atoms with Crippen molar-refractivity contribution in [1.29, 1.82) is 0 Å². The summed E-state index contributed by atoms with van der Waals surface area (Å²) in [7, 11) is -3.33. The number of anilines is 2. The van der Waals surface area contributed by atoms with Crippen LogP contribution in [0, 0.1) is 18.2 Å². The quantitative estimate of drug-likeness (QED) is 0.0250. The van der Waals surface area contributed by atoms with Gasteiger partial charge in [-0.25, -0.2) is 27.2 Å². The van der Waals surface area contributed by atoms with Gasteiger partial charge >= 0.3 is 5.76 Å². The Labute approximate surface area is 494 Å². The lowest BCUT2D eigenvalue weighted by molar-refractivity contribution is -0.145. The number of amides is 3. The number of nitrogens with two attached hydrogens (primary N) is 1. The van der Waals surface area contributed by atoms with Crippen LogP contribution in [0.5, 0.6) is 11.5 Å². The lowest BCUT2D eigenvalue weighted by Gasteiger charge is -2.35. The van der Waals surface area contributed by atoms with Crippen molar-refractivity contribution < 1.29 is 54.9 Å². The maximum absolute atomic E-state index is 14.7. The molecule has 19 nitrogen and oxygen atoms in total. The molecule has 1 saturated carbocycles. The fourth-order valence-corrected chi connectivity index (χ4v) is 11.8. The fourth-order valence-electron chi connectivity index (χ4n) is 10.4. The Morgan fingerprint density at radius 2 is 1.62 bits per heavy atom. The van der Waals surface area contributed by atoms with Gasteiger partial charge in [-0.2, -0.15) is 19.0 Å². The van der Waals surface area contributed by atoms with E-state index in [1.54, 1.807) is 57.3 Å². The number of ether oxygens (including phenoxy) is 2. The van der Waals surface area contributed by atoms with Gasteiger partial charge in [0, 0.05) is 67.8 Å². The number of aliphatic hydroxyl groups excluding tert-OH is 1. The van der Waals surface area contributed by atoms with E-state index in [9.17, 15) is 45.5 Å². The van der Waals surface area contributed by atoms with E-state index in [0.29, 0.717) is 52.2 Å². The maximum Gasteiger partial charge on any atom is 0.355 e. The summed E-state index contributed by atoms with van der Waals surface area (Å²) in [5.74, 6) is -5.34. The molecule has 25 heteroatoms. The Hall–Kier alpha value is -7.64. The van der Waals surface area contributed by atoms with Crippen molar-refractivity contribution in [3.63, 3.8) is 0 Å². The second-order valence-electron chi connectivity index (χ2n) is 22.9. The largest absolute Gasteiger partial charge is 0.493 e. The molecule has 454 valence electrons. The molecule has 85 heavy (non-hydrogen) atoms. The summed E-state index contributed by atoms with van der Waals surface area (Å²) in [6.07, 6.45) is 10.5. The number of thiazole rings is 1. The number of nitrogens with one attached hydrogen (secondary N) is 3. The van der Waals surface area contributed by atoms with Crippen molar-refractivity contribution in [3.8, 4) is 44.3 Å². The molecule has 7 aromatic rings. The highest BCUT2D eigenvalue weighted by Gasteiger charge is 2.53. The number of carbonyl (C=O) groups is 3. The molecule has 2 fully saturated rings. The molecule has 3 aromatic carbocycles. The van der Waals surface area contributed by atoms with Crippen LogP contribution in [0.4, 0.5) is 29.1 Å². The molecule has 0 bridgehead atoms. The molecule has 1 aliphatic heterocycles. The Morgan fingerprint density at radius 1 is 0.929 bits per heavy atom. The first-order valence-electron chi connectivity index (χ1n) is 28.3. The van der Waals surface area contributed by atoms with Gasteiger partial charge in [-0.1, -0.05) is 83.2 Å². The average Bonchev–Trinajstić information content (AvgIpc) is 2.01. The number of aliphatic hydroxyl groups is 1. The minimum absolute atomic E-state index is 0.0109. The number of alkyl halides is 3. The Balaban J connectivity index is 0.769. The van der Waals surface area contributed by atoms with E-state index in [1.165, 1.54) is 58.7 Å². The van der Waals surface area contributed by atoms with Gasteiger partial charge in [0.2, 0.25) is 11.8 Å². The zero-order valence-electron chi connectivity index (χ0n) is 48.2. The monoisotopic (exact) mass is 1210 g/mol. The minimum Gasteiger partial charge on any atom is -0.493 e. The van der Waals surface area contributed by atoms with Gasteiger partial charge in [0.1, 0.15) is 47.0 Å².